The summed E-state index contributed by atoms with van der Waals surface area (Å²) < 4.78 is 0. The zero-order chi connectivity index (χ0) is 18.2. The van der Waals surface area contributed by atoms with Crippen molar-refractivity contribution in [2.24, 2.45) is 0 Å². The maximum atomic E-state index is 12.3. The van der Waals surface area contributed by atoms with Gasteiger partial charge in [0, 0.05) is 44.3 Å². The highest BCUT2D eigenvalue weighted by Gasteiger charge is 2.20. The molecule has 1 aliphatic rings. The molecule has 0 bridgehead atoms. The third-order valence-corrected chi connectivity index (χ3v) is 4.99. The number of hydrogen-bond donors (Lipinski definition) is 1. The average molecular weight is 372 g/mol. The first kappa shape index (κ1) is 18.7. The van der Waals surface area contributed by atoms with Crippen LogP contribution in [-0.2, 0) is 13.0 Å². The molecule has 1 saturated heterocycles. The third kappa shape index (κ3) is 5.75. The van der Waals surface area contributed by atoms with Crippen LogP contribution in [-0.4, -0.2) is 48.6 Å². The zero-order valence-electron chi connectivity index (χ0n) is 15.0. The van der Waals surface area contributed by atoms with Gasteiger partial charge in [0.05, 0.1) is 0 Å². The second-order valence-corrected chi connectivity index (χ2v) is 7.15. The molecule has 0 aliphatic carbocycles. The standard InChI is InChI=1S/C21H26ClN3O/c22-20-10-8-19(9-11-20)17-24-13-15-25(16-14-24)21(26)23-12-4-7-18-5-2-1-3-6-18/h1-3,5-6,8-11H,4,7,12-17H2,(H,23,26). The molecule has 2 amide bonds. The summed E-state index contributed by atoms with van der Waals surface area (Å²) in [5, 5.41) is 3.81. The summed E-state index contributed by atoms with van der Waals surface area (Å²) in [5.41, 5.74) is 2.57. The molecule has 1 fully saturated rings. The summed E-state index contributed by atoms with van der Waals surface area (Å²) in [6, 6.07) is 18.4. The van der Waals surface area contributed by atoms with Crippen molar-refractivity contribution in [3.63, 3.8) is 0 Å². The van der Waals surface area contributed by atoms with Crippen LogP contribution in [0, 0.1) is 0 Å². The van der Waals surface area contributed by atoms with E-state index in [1.807, 2.05) is 23.1 Å². The Bertz CT molecular complexity index is 682. The number of carbonyl (C=O) groups is 1. The summed E-state index contributed by atoms with van der Waals surface area (Å²) in [4.78, 5) is 16.6. The van der Waals surface area contributed by atoms with Gasteiger partial charge in [-0.3, -0.25) is 4.90 Å². The molecule has 0 radical (unpaired) electrons. The van der Waals surface area contributed by atoms with Gasteiger partial charge in [0.15, 0.2) is 0 Å². The molecule has 4 nitrogen and oxygen atoms in total. The maximum absolute atomic E-state index is 12.3. The van der Waals surface area contributed by atoms with E-state index < -0.39 is 0 Å². The normalized spacial score (nSPS) is 15.0. The first-order chi connectivity index (χ1) is 12.7. The van der Waals surface area contributed by atoms with Crippen LogP contribution in [0.1, 0.15) is 17.5 Å². The number of nitrogens with zero attached hydrogens (tertiary/aromatic N) is 2. The van der Waals surface area contributed by atoms with E-state index in [-0.39, 0.29) is 6.03 Å². The number of benzene rings is 2. The van der Waals surface area contributed by atoms with Crippen molar-refractivity contribution in [3.05, 3.63) is 70.7 Å². The minimum absolute atomic E-state index is 0.0594. The number of rotatable bonds is 6. The van der Waals surface area contributed by atoms with E-state index in [1.54, 1.807) is 0 Å². The van der Waals surface area contributed by atoms with Gasteiger partial charge in [0.2, 0.25) is 0 Å². The molecule has 0 unspecified atom stereocenters. The van der Waals surface area contributed by atoms with Crippen LogP contribution >= 0.6 is 11.6 Å². The van der Waals surface area contributed by atoms with Crippen molar-refractivity contribution < 1.29 is 4.79 Å². The highest BCUT2D eigenvalue weighted by atomic mass is 35.5. The molecule has 0 atom stereocenters. The molecule has 1 aliphatic heterocycles. The van der Waals surface area contributed by atoms with E-state index >= 15 is 0 Å². The van der Waals surface area contributed by atoms with Crippen LogP contribution in [0.4, 0.5) is 4.79 Å². The monoisotopic (exact) mass is 371 g/mol. The summed E-state index contributed by atoms with van der Waals surface area (Å²) >= 11 is 5.93. The lowest BCUT2D eigenvalue weighted by Gasteiger charge is -2.34. The van der Waals surface area contributed by atoms with Crippen molar-refractivity contribution in [3.8, 4) is 0 Å². The number of halogens is 1. The lowest BCUT2D eigenvalue weighted by Crippen LogP contribution is -2.51. The van der Waals surface area contributed by atoms with E-state index in [2.05, 4.69) is 46.6 Å². The second-order valence-electron chi connectivity index (χ2n) is 6.71. The quantitative estimate of drug-likeness (QED) is 0.784. The van der Waals surface area contributed by atoms with Crippen LogP contribution in [0.3, 0.4) is 0 Å². The number of nitrogens with one attached hydrogen (secondary N) is 1. The summed E-state index contributed by atoms with van der Waals surface area (Å²) in [6.07, 6.45) is 1.96. The lowest BCUT2D eigenvalue weighted by atomic mass is 10.1. The molecule has 2 aromatic rings. The minimum Gasteiger partial charge on any atom is -0.338 e. The molecule has 0 aromatic heterocycles. The first-order valence-corrected chi connectivity index (χ1v) is 9.62. The van der Waals surface area contributed by atoms with Gasteiger partial charge in [-0.25, -0.2) is 4.79 Å². The lowest BCUT2D eigenvalue weighted by molar-refractivity contribution is 0.135. The minimum atomic E-state index is 0.0594. The fourth-order valence-electron chi connectivity index (χ4n) is 3.20. The maximum Gasteiger partial charge on any atom is 0.317 e. The van der Waals surface area contributed by atoms with Gasteiger partial charge in [0.1, 0.15) is 0 Å². The van der Waals surface area contributed by atoms with Crippen molar-refractivity contribution in [1.29, 1.82) is 0 Å². The van der Waals surface area contributed by atoms with Crippen molar-refractivity contribution >= 4 is 17.6 Å². The number of hydrogen-bond acceptors (Lipinski definition) is 2. The third-order valence-electron chi connectivity index (χ3n) is 4.74. The van der Waals surface area contributed by atoms with Gasteiger partial charge in [-0.15, -0.1) is 0 Å². The molecule has 26 heavy (non-hydrogen) atoms. The highest BCUT2D eigenvalue weighted by molar-refractivity contribution is 6.30. The van der Waals surface area contributed by atoms with Gasteiger partial charge in [-0.1, -0.05) is 54.1 Å². The van der Waals surface area contributed by atoms with Crippen molar-refractivity contribution in [2.45, 2.75) is 19.4 Å². The Morgan fingerprint density at radius 2 is 1.62 bits per heavy atom. The Labute approximate surface area is 160 Å². The van der Waals surface area contributed by atoms with Crippen molar-refractivity contribution in [1.82, 2.24) is 15.1 Å². The molecular formula is C21H26ClN3O. The SMILES string of the molecule is O=C(NCCCc1ccccc1)N1CCN(Cc2ccc(Cl)cc2)CC1. The molecule has 2 aromatic carbocycles. The van der Waals surface area contributed by atoms with Gasteiger partial charge in [-0.05, 0) is 36.1 Å². The van der Waals surface area contributed by atoms with Crippen LogP contribution in [0.25, 0.3) is 0 Å². The molecule has 1 N–H and O–H groups in total. The Morgan fingerprint density at radius 3 is 2.31 bits per heavy atom. The topological polar surface area (TPSA) is 35.6 Å². The molecule has 0 saturated carbocycles. The van der Waals surface area contributed by atoms with Crippen molar-refractivity contribution in [2.75, 3.05) is 32.7 Å². The average Bonchev–Trinajstić information content (AvgIpc) is 2.68. The Hall–Kier alpha value is -2.04. The van der Waals surface area contributed by atoms with Gasteiger partial charge in [0.25, 0.3) is 0 Å². The van der Waals surface area contributed by atoms with E-state index in [4.69, 9.17) is 11.6 Å². The number of piperazine rings is 1. The van der Waals surface area contributed by atoms with Crippen LogP contribution < -0.4 is 5.32 Å². The zero-order valence-corrected chi connectivity index (χ0v) is 15.8. The molecule has 3 rings (SSSR count). The number of aryl methyl sites for hydroxylation is 1. The molecule has 0 spiro atoms. The molecular weight excluding hydrogens is 346 g/mol. The summed E-state index contributed by atoms with van der Waals surface area (Å²) in [7, 11) is 0. The van der Waals surface area contributed by atoms with Gasteiger partial charge in [-0.2, -0.15) is 0 Å². The van der Waals surface area contributed by atoms with E-state index in [9.17, 15) is 4.79 Å². The van der Waals surface area contributed by atoms with Crippen LogP contribution in [0.15, 0.2) is 54.6 Å². The van der Waals surface area contributed by atoms with E-state index in [0.717, 1.165) is 57.1 Å². The van der Waals surface area contributed by atoms with Crippen LogP contribution in [0.5, 0.6) is 0 Å². The Kier molecular flexibility index (Phi) is 6.92. The second kappa shape index (κ2) is 9.60. The number of amides is 2. The summed E-state index contributed by atoms with van der Waals surface area (Å²) in [6.45, 7) is 4.98. The van der Waals surface area contributed by atoms with E-state index in [0.29, 0.717) is 0 Å². The highest BCUT2D eigenvalue weighted by Crippen LogP contribution is 2.13. The smallest absolute Gasteiger partial charge is 0.317 e. The van der Waals surface area contributed by atoms with Crippen LogP contribution in [0.2, 0.25) is 5.02 Å². The fourth-order valence-corrected chi connectivity index (χ4v) is 3.33. The van der Waals surface area contributed by atoms with E-state index in [1.165, 1.54) is 11.1 Å². The Balaban J connectivity index is 1.33. The molecule has 138 valence electrons. The van der Waals surface area contributed by atoms with Gasteiger partial charge >= 0.3 is 6.03 Å². The Morgan fingerprint density at radius 1 is 0.923 bits per heavy atom. The molecule has 1 heterocycles. The first-order valence-electron chi connectivity index (χ1n) is 9.24. The molecule has 5 heteroatoms. The predicted octanol–water partition coefficient (Wildman–Crippen LogP) is 3.80. The number of carbonyl (C=O) groups excluding carboxylic acids is 1. The van der Waals surface area contributed by atoms with Gasteiger partial charge < -0.3 is 10.2 Å². The summed E-state index contributed by atoms with van der Waals surface area (Å²) in [5.74, 6) is 0. The largest absolute Gasteiger partial charge is 0.338 e. The fraction of sp³-hybridized carbons (Fsp3) is 0.381. The number of urea groups is 1. The predicted molar refractivity (Wildman–Crippen MR) is 106 cm³/mol.